The van der Waals surface area contributed by atoms with Crippen LogP contribution in [0.3, 0.4) is 0 Å². The number of hydrogen-bond donors (Lipinski definition) is 2. The van der Waals surface area contributed by atoms with Crippen molar-refractivity contribution in [2.45, 2.75) is 19.8 Å². The molecule has 0 spiro atoms. The molecule has 4 heteroatoms. The maximum atomic E-state index is 12.5. The SMILES string of the molecule is CC(C)c1ccccc1NC(=O)c1ccc(NC(=O)c2ccccc2)cc1. The molecule has 2 N–H and O–H groups in total. The Morgan fingerprint density at radius 3 is 1.89 bits per heavy atom. The van der Waals surface area contributed by atoms with Gasteiger partial charge in [0.05, 0.1) is 0 Å². The molecule has 0 aliphatic rings. The van der Waals surface area contributed by atoms with Crippen molar-refractivity contribution in [3.8, 4) is 0 Å². The van der Waals surface area contributed by atoms with Crippen LogP contribution in [0.5, 0.6) is 0 Å². The van der Waals surface area contributed by atoms with Gasteiger partial charge in [-0.15, -0.1) is 0 Å². The summed E-state index contributed by atoms with van der Waals surface area (Å²) in [7, 11) is 0. The van der Waals surface area contributed by atoms with Crippen LogP contribution in [-0.4, -0.2) is 11.8 Å². The van der Waals surface area contributed by atoms with Crippen molar-refractivity contribution < 1.29 is 9.59 Å². The molecule has 3 aromatic carbocycles. The molecule has 4 nitrogen and oxygen atoms in total. The number of benzene rings is 3. The minimum absolute atomic E-state index is 0.177. The van der Waals surface area contributed by atoms with Crippen molar-refractivity contribution in [3.05, 3.63) is 95.6 Å². The fourth-order valence-corrected chi connectivity index (χ4v) is 2.81. The molecule has 0 unspecified atom stereocenters. The lowest BCUT2D eigenvalue weighted by Gasteiger charge is -2.14. The summed E-state index contributed by atoms with van der Waals surface area (Å²) in [6.07, 6.45) is 0. The Labute approximate surface area is 159 Å². The minimum atomic E-state index is -0.182. The quantitative estimate of drug-likeness (QED) is 0.649. The molecule has 0 radical (unpaired) electrons. The first kappa shape index (κ1) is 18.4. The van der Waals surface area contributed by atoms with Gasteiger partial charge in [0, 0.05) is 22.5 Å². The topological polar surface area (TPSA) is 58.2 Å². The highest BCUT2D eigenvalue weighted by Crippen LogP contribution is 2.24. The van der Waals surface area contributed by atoms with E-state index in [0.717, 1.165) is 11.3 Å². The normalized spacial score (nSPS) is 10.5. The maximum absolute atomic E-state index is 12.5. The number of nitrogens with one attached hydrogen (secondary N) is 2. The second kappa shape index (κ2) is 8.32. The van der Waals surface area contributed by atoms with Gasteiger partial charge in [-0.3, -0.25) is 9.59 Å². The minimum Gasteiger partial charge on any atom is -0.322 e. The molecule has 3 aromatic rings. The van der Waals surface area contributed by atoms with Gasteiger partial charge in [-0.2, -0.15) is 0 Å². The average Bonchev–Trinajstić information content (AvgIpc) is 2.69. The van der Waals surface area contributed by atoms with Crippen LogP contribution in [0.2, 0.25) is 0 Å². The van der Waals surface area contributed by atoms with Gasteiger partial charge >= 0.3 is 0 Å². The summed E-state index contributed by atoms with van der Waals surface area (Å²) < 4.78 is 0. The maximum Gasteiger partial charge on any atom is 0.255 e. The first-order valence-electron chi connectivity index (χ1n) is 8.91. The van der Waals surface area contributed by atoms with E-state index in [1.807, 2.05) is 42.5 Å². The van der Waals surface area contributed by atoms with E-state index in [4.69, 9.17) is 0 Å². The predicted molar refractivity (Wildman–Crippen MR) is 109 cm³/mol. The van der Waals surface area contributed by atoms with Crippen LogP contribution in [0.4, 0.5) is 11.4 Å². The Kier molecular flexibility index (Phi) is 5.67. The first-order chi connectivity index (χ1) is 13.0. The number of hydrogen-bond acceptors (Lipinski definition) is 2. The summed E-state index contributed by atoms with van der Waals surface area (Å²) in [6.45, 7) is 4.18. The summed E-state index contributed by atoms with van der Waals surface area (Å²) >= 11 is 0. The molecule has 27 heavy (non-hydrogen) atoms. The molecule has 0 saturated heterocycles. The van der Waals surface area contributed by atoms with Crippen LogP contribution in [0.25, 0.3) is 0 Å². The van der Waals surface area contributed by atoms with Gasteiger partial charge in [0.15, 0.2) is 0 Å². The van der Waals surface area contributed by atoms with E-state index in [1.54, 1.807) is 36.4 Å². The van der Waals surface area contributed by atoms with Crippen LogP contribution < -0.4 is 10.6 Å². The van der Waals surface area contributed by atoms with Crippen molar-refractivity contribution in [2.75, 3.05) is 10.6 Å². The van der Waals surface area contributed by atoms with Crippen LogP contribution in [0, 0.1) is 0 Å². The predicted octanol–water partition coefficient (Wildman–Crippen LogP) is 5.31. The zero-order chi connectivity index (χ0) is 19.2. The van der Waals surface area contributed by atoms with E-state index in [0.29, 0.717) is 22.7 Å². The number of para-hydroxylation sites is 1. The van der Waals surface area contributed by atoms with Crippen molar-refractivity contribution in [3.63, 3.8) is 0 Å². The molecular weight excluding hydrogens is 336 g/mol. The lowest BCUT2D eigenvalue weighted by Crippen LogP contribution is -2.14. The molecule has 0 atom stereocenters. The molecule has 0 aromatic heterocycles. The van der Waals surface area contributed by atoms with Gasteiger partial charge in [-0.25, -0.2) is 0 Å². The zero-order valence-corrected chi connectivity index (χ0v) is 15.4. The van der Waals surface area contributed by atoms with Crippen molar-refractivity contribution in [2.24, 2.45) is 0 Å². The Balaban J connectivity index is 1.68. The average molecular weight is 358 g/mol. The van der Waals surface area contributed by atoms with Gasteiger partial charge in [-0.05, 0) is 53.9 Å². The van der Waals surface area contributed by atoms with Crippen molar-refractivity contribution in [1.29, 1.82) is 0 Å². The molecule has 136 valence electrons. The Bertz CT molecular complexity index is 932. The van der Waals surface area contributed by atoms with Crippen LogP contribution in [0.1, 0.15) is 46.0 Å². The second-order valence-electron chi connectivity index (χ2n) is 6.59. The summed E-state index contributed by atoms with van der Waals surface area (Å²) in [5, 5.41) is 5.80. The van der Waals surface area contributed by atoms with Gasteiger partial charge in [-0.1, -0.05) is 50.2 Å². The summed E-state index contributed by atoms with van der Waals surface area (Å²) in [5.74, 6) is -0.0419. The molecule has 0 aliphatic heterocycles. The molecule has 3 rings (SSSR count). The van der Waals surface area contributed by atoms with Gasteiger partial charge in [0.2, 0.25) is 0 Å². The standard InChI is InChI=1S/C23H22N2O2/c1-16(2)20-10-6-7-11-21(20)25-23(27)18-12-14-19(15-13-18)24-22(26)17-8-4-3-5-9-17/h3-16H,1-2H3,(H,24,26)(H,25,27). The van der Waals surface area contributed by atoms with E-state index in [-0.39, 0.29) is 11.8 Å². The Hall–Kier alpha value is -3.40. The molecule has 0 heterocycles. The fourth-order valence-electron chi connectivity index (χ4n) is 2.81. The molecule has 0 saturated carbocycles. The largest absolute Gasteiger partial charge is 0.322 e. The van der Waals surface area contributed by atoms with Crippen molar-refractivity contribution >= 4 is 23.2 Å². The highest BCUT2D eigenvalue weighted by molar-refractivity contribution is 6.06. The zero-order valence-electron chi connectivity index (χ0n) is 15.4. The van der Waals surface area contributed by atoms with E-state index >= 15 is 0 Å². The number of anilines is 2. The lowest BCUT2D eigenvalue weighted by atomic mass is 10.0. The smallest absolute Gasteiger partial charge is 0.255 e. The number of carbonyl (C=O) groups excluding carboxylic acids is 2. The Morgan fingerprint density at radius 1 is 0.667 bits per heavy atom. The molecule has 0 bridgehead atoms. The number of amides is 2. The van der Waals surface area contributed by atoms with E-state index in [2.05, 4.69) is 24.5 Å². The number of carbonyl (C=O) groups is 2. The van der Waals surface area contributed by atoms with Crippen molar-refractivity contribution in [1.82, 2.24) is 0 Å². The highest BCUT2D eigenvalue weighted by Gasteiger charge is 2.11. The summed E-state index contributed by atoms with van der Waals surface area (Å²) in [5.41, 5.74) is 3.68. The van der Waals surface area contributed by atoms with E-state index < -0.39 is 0 Å². The molecule has 2 amide bonds. The Morgan fingerprint density at radius 2 is 1.22 bits per heavy atom. The van der Waals surface area contributed by atoms with Crippen LogP contribution in [-0.2, 0) is 0 Å². The third-order valence-corrected chi connectivity index (χ3v) is 4.27. The molecule has 0 fully saturated rings. The highest BCUT2D eigenvalue weighted by atomic mass is 16.2. The van der Waals surface area contributed by atoms with Gasteiger partial charge in [0.1, 0.15) is 0 Å². The van der Waals surface area contributed by atoms with Gasteiger partial charge in [0.25, 0.3) is 11.8 Å². The number of rotatable bonds is 5. The third-order valence-electron chi connectivity index (χ3n) is 4.27. The summed E-state index contributed by atoms with van der Waals surface area (Å²) in [4.78, 5) is 24.7. The fraction of sp³-hybridized carbons (Fsp3) is 0.130. The van der Waals surface area contributed by atoms with Gasteiger partial charge < -0.3 is 10.6 Å². The third kappa shape index (κ3) is 4.61. The van der Waals surface area contributed by atoms with E-state index in [9.17, 15) is 9.59 Å². The van der Waals surface area contributed by atoms with Crippen LogP contribution in [0.15, 0.2) is 78.9 Å². The van der Waals surface area contributed by atoms with Crippen LogP contribution >= 0.6 is 0 Å². The molecule has 0 aliphatic carbocycles. The molecular formula is C23H22N2O2. The summed E-state index contributed by atoms with van der Waals surface area (Å²) in [6, 6.07) is 23.7. The second-order valence-corrected chi connectivity index (χ2v) is 6.59. The lowest BCUT2D eigenvalue weighted by molar-refractivity contribution is 0.102. The first-order valence-corrected chi connectivity index (χ1v) is 8.91. The monoisotopic (exact) mass is 358 g/mol. The van der Waals surface area contributed by atoms with E-state index in [1.165, 1.54) is 0 Å².